The normalized spacial score (nSPS) is 29.7. The second-order valence-electron chi connectivity index (χ2n) is 8.80. The first-order valence-electron chi connectivity index (χ1n) is 9.99. The zero-order chi connectivity index (χ0) is 19.6. The van der Waals surface area contributed by atoms with Gasteiger partial charge in [-0.05, 0) is 43.7 Å². The molecule has 8 nitrogen and oxygen atoms in total. The second-order valence-corrected chi connectivity index (χ2v) is 8.80. The van der Waals surface area contributed by atoms with Crippen LogP contribution in [0.25, 0.3) is 11.0 Å². The summed E-state index contributed by atoms with van der Waals surface area (Å²) in [6.45, 7) is 2.75. The first kappa shape index (κ1) is 16.8. The van der Waals surface area contributed by atoms with Crippen LogP contribution in [0.4, 0.5) is 0 Å². The van der Waals surface area contributed by atoms with E-state index in [1.165, 1.54) is 0 Å². The third-order valence-corrected chi connectivity index (χ3v) is 6.67. The van der Waals surface area contributed by atoms with Crippen molar-refractivity contribution in [1.82, 2.24) is 29.7 Å². The molecule has 1 atom stereocenters. The van der Waals surface area contributed by atoms with Crippen molar-refractivity contribution in [2.45, 2.75) is 45.2 Å². The summed E-state index contributed by atoms with van der Waals surface area (Å²) >= 11 is 0. The van der Waals surface area contributed by atoms with E-state index in [0.29, 0.717) is 6.42 Å². The first-order valence-corrected chi connectivity index (χ1v) is 9.99. The Bertz CT molecular complexity index is 1130. The third-order valence-electron chi connectivity index (χ3n) is 6.67. The molecule has 29 heavy (non-hydrogen) atoms. The van der Waals surface area contributed by atoms with Crippen molar-refractivity contribution in [2.75, 3.05) is 0 Å². The molecule has 8 heteroatoms. The molecule has 0 radical (unpaired) electrons. The zero-order valence-corrected chi connectivity index (χ0v) is 16.2. The van der Waals surface area contributed by atoms with E-state index in [9.17, 15) is 4.79 Å². The SMILES string of the molecule is Cc1cnc(C2CC=NN2C(=O)C23CC(Cn4ncc5ncccc54)(C2)C3)cn1. The molecular formula is C21H21N7O. The Morgan fingerprint density at radius 3 is 2.83 bits per heavy atom. The van der Waals surface area contributed by atoms with E-state index >= 15 is 0 Å². The van der Waals surface area contributed by atoms with Crippen LogP contribution in [0.5, 0.6) is 0 Å². The van der Waals surface area contributed by atoms with Gasteiger partial charge in [-0.3, -0.25) is 24.4 Å². The quantitative estimate of drug-likeness (QED) is 0.687. The van der Waals surface area contributed by atoms with Crippen LogP contribution >= 0.6 is 0 Å². The molecule has 0 N–H and O–H groups in total. The van der Waals surface area contributed by atoms with Gasteiger partial charge in [0.1, 0.15) is 11.6 Å². The molecule has 1 amide bonds. The van der Waals surface area contributed by atoms with Crippen molar-refractivity contribution in [3.8, 4) is 0 Å². The lowest BCUT2D eigenvalue weighted by Gasteiger charge is -2.69. The van der Waals surface area contributed by atoms with E-state index in [0.717, 1.165) is 48.2 Å². The number of carbonyl (C=O) groups excluding carboxylic acids is 1. The van der Waals surface area contributed by atoms with Crippen LogP contribution in [0.1, 0.15) is 43.1 Å². The summed E-state index contributed by atoms with van der Waals surface area (Å²) < 4.78 is 2.04. The molecule has 0 spiro atoms. The second kappa shape index (κ2) is 5.68. The fourth-order valence-corrected chi connectivity index (χ4v) is 5.42. The fraction of sp³-hybridized carbons (Fsp3) is 0.429. The van der Waals surface area contributed by atoms with Gasteiger partial charge in [-0.25, -0.2) is 5.01 Å². The first-order chi connectivity index (χ1) is 14.1. The molecule has 3 aromatic rings. The van der Waals surface area contributed by atoms with Gasteiger partial charge in [0.25, 0.3) is 0 Å². The molecule has 0 aromatic carbocycles. The van der Waals surface area contributed by atoms with Gasteiger partial charge in [0, 0.05) is 31.6 Å². The topological polar surface area (TPSA) is 89.2 Å². The molecule has 3 saturated carbocycles. The third kappa shape index (κ3) is 2.38. The monoisotopic (exact) mass is 387 g/mol. The molecule has 1 unspecified atom stereocenters. The van der Waals surface area contributed by atoms with E-state index < -0.39 is 0 Å². The minimum Gasteiger partial charge on any atom is -0.272 e. The van der Waals surface area contributed by atoms with Crippen molar-refractivity contribution in [3.63, 3.8) is 0 Å². The number of hydrogen-bond donors (Lipinski definition) is 0. The van der Waals surface area contributed by atoms with Gasteiger partial charge in [0.2, 0.25) is 5.91 Å². The average molecular weight is 387 g/mol. The van der Waals surface area contributed by atoms with Crippen molar-refractivity contribution in [3.05, 3.63) is 48.3 Å². The summed E-state index contributed by atoms with van der Waals surface area (Å²) in [4.78, 5) is 26.5. The fourth-order valence-electron chi connectivity index (χ4n) is 5.42. The zero-order valence-electron chi connectivity index (χ0n) is 16.2. The van der Waals surface area contributed by atoms with Crippen molar-refractivity contribution in [1.29, 1.82) is 0 Å². The minimum absolute atomic E-state index is 0.132. The number of rotatable bonds is 4. The largest absolute Gasteiger partial charge is 0.272 e. The molecule has 0 saturated heterocycles. The number of amides is 1. The van der Waals surface area contributed by atoms with Gasteiger partial charge in [-0.1, -0.05) is 0 Å². The summed E-state index contributed by atoms with van der Waals surface area (Å²) in [6.07, 6.45) is 12.3. The van der Waals surface area contributed by atoms with Crippen molar-refractivity contribution in [2.24, 2.45) is 15.9 Å². The number of aryl methyl sites for hydroxylation is 1. The number of fused-ring (bicyclic) bond motifs is 1. The standard InChI is InChI=1S/C21H21N7O/c1-14-7-24-15(8-23-14)18-4-6-25-28(18)19(29)21-10-20(11-21,12-21)13-27-17-3-2-5-22-16(17)9-26-27/h2-3,5-9,18H,4,10-13H2,1H3. The predicted molar refractivity (Wildman–Crippen MR) is 106 cm³/mol. The Kier molecular flexibility index (Phi) is 3.29. The lowest BCUT2D eigenvalue weighted by molar-refractivity contribution is -0.223. The number of hydrazone groups is 1. The number of aromatic nitrogens is 5. The van der Waals surface area contributed by atoms with Crippen molar-refractivity contribution >= 4 is 23.2 Å². The van der Waals surface area contributed by atoms with Gasteiger partial charge in [0.05, 0.1) is 34.7 Å². The van der Waals surface area contributed by atoms with Crippen LogP contribution in [-0.2, 0) is 11.3 Å². The van der Waals surface area contributed by atoms with E-state index in [2.05, 4.69) is 25.2 Å². The highest BCUT2D eigenvalue weighted by molar-refractivity contribution is 5.88. The van der Waals surface area contributed by atoms with Gasteiger partial charge < -0.3 is 0 Å². The Hall–Kier alpha value is -3.16. The molecule has 7 rings (SSSR count). The lowest BCUT2D eigenvalue weighted by Crippen LogP contribution is -2.68. The van der Waals surface area contributed by atoms with Gasteiger partial charge in [-0.2, -0.15) is 10.2 Å². The number of hydrogen-bond acceptors (Lipinski definition) is 6. The highest BCUT2D eigenvalue weighted by Crippen LogP contribution is 2.74. The van der Waals surface area contributed by atoms with Crippen LogP contribution in [0.2, 0.25) is 0 Å². The molecule has 4 heterocycles. The number of pyridine rings is 1. The Balaban J connectivity index is 1.17. The maximum atomic E-state index is 13.3. The average Bonchev–Trinajstić information content (AvgIpc) is 3.31. The van der Waals surface area contributed by atoms with Crippen LogP contribution in [-0.4, -0.2) is 41.9 Å². The molecule has 3 aromatic heterocycles. The summed E-state index contributed by atoms with van der Waals surface area (Å²) in [5, 5.41) is 10.6. The Morgan fingerprint density at radius 1 is 1.17 bits per heavy atom. The minimum atomic E-state index is -0.265. The lowest BCUT2D eigenvalue weighted by atomic mass is 9.34. The van der Waals surface area contributed by atoms with Crippen LogP contribution in [0.15, 0.2) is 42.0 Å². The van der Waals surface area contributed by atoms with E-state index in [-0.39, 0.29) is 22.8 Å². The molecule has 3 fully saturated rings. The molecule has 3 aliphatic carbocycles. The Labute approximate surface area is 167 Å². The smallest absolute Gasteiger partial charge is 0.249 e. The summed E-state index contributed by atoms with van der Waals surface area (Å²) in [6, 6.07) is 3.85. The van der Waals surface area contributed by atoms with Gasteiger partial charge in [0.15, 0.2) is 0 Å². The summed E-state index contributed by atoms with van der Waals surface area (Å²) in [7, 11) is 0. The molecule has 1 aliphatic heterocycles. The maximum Gasteiger partial charge on any atom is 0.249 e. The van der Waals surface area contributed by atoms with E-state index in [1.54, 1.807) is 23.6 Å². The van der Waals surface area contributed by atoms with Crippen molar-refractivity contribution < 1.29 is 4.79 Å². The van der Waals surface area contributed by atoms with E-state index in [4.69, 9.17) is 0 Å². The maximum absolute atomic E-state index is 13.3. The number of nitrogens with zero attached hydrogens (tertiary/aromatic N) is 7. The number of carbonyl (C=O) groups is 1. The van der Waals surface area contributed by atoms with Gasteiger partial charge in [-0.15, -0.1) is 0 Å². The van der Waals surface area contributed by atoms with E-state index in [1.807, 2.05) is 36.1 Å². The summed E-state index contributed by atoms with van der Waals surface area (Å²) in [5.41, 5.74) is 3.55. The van der Waals surface area contributed by atoms with Crippen LogP contribution in [0.3, 0.4) is 0 Å². The summed E-state index contributed by atoms with van der Waals surface area (Å²) in [5.74, 6) is 0.132. The molecule has 2 bridgehead atoms. The highest BCUT2D eigenvalue weighted by Gasteiger charge is 2.72. The van der Waals surface area contributed by atoms with Crippen LogP contribution in [0, 0.1) is 17.8 Å². The molecule has 146 valence electrons. The van der Waals surface area contributed by atoms with Crippen LogP contribution < -0.4 is 0 Å². The van der Waals surface area contributed by atoms with Gasteiger partial charge >= 0.3 is 0 Å². The Morgan fingerprint density at radius 2 is 2.03 bits per heavy atom. The highest BCUT2D eigenvalue weighted by atomic mass is 16.2. The predicted octanol–water partition coefficient (Wildman–Crippen LogP) is 2.66. The molecular weight excluding hydrogens is 366 g/mol. The molecule has 4 aliphatic rings.